The van der Waals surface area contributed by atoms with E-state index in [0.717, 1.165) is 0 Å². The molecule has 0 N–H and O–H groups in total. The summed E-state index contributed by atoms with van der Waals surface area (Å²) in [6.07, 6.45) is 1.82. The molecule has 0 aliphatic carbocycles. The lowest BCUT2D eigenvalue weighted by molar-refractivity contribution is 0.0977. The maximum absolute atomic E-state index is 12.0. The second-order valence-corrected chi connectivity index (χ2v) is 4.38. The average molecular weight is 268 g/mol. The molecule has 5 heteroatoms. The first-order valence-corrected chi connectivity index (χ1v) is 6.28. The van der Waals surface area contributed by atoms with Gasteiger partial charge in [0.1, 0.15) is 0 Å². The van der Waals surface area contributed by atoms with E-state index >= 15 is 0 Å². The van der Waals surface area contributed by atoms with Crippen molar-refractivity contribution in [3.8, 4) is 0 Å². The number of aromatic nitrogens is 2. The van der Waals surface area contributed by atoms with E-state index in [0.29, 0.717) is 16.8 Å². The van der Waals surface area contributed by atoms with Crippen LogP contribution in [0.15, 0.2) is 57.9 Å². The Morgan fingerprint density at radius 3 is 2.75 bits per heavy atom. The van der Waals surface area contributed by atoms with E-state index in [2.05, 4.69) is 4.98 Å². The van der Waals surface area contributed by atoms with Crippen molar-refractivity contribution < 1.29 is 9.21 Å². The van der Waals surface area contributed by atoms with Crippen molar-refractivity contribution in [3.05, 3.63) is 64.8 Å². The second kappa shape index (κ2) is 5.13. The fourth-order valence-electron chi connectivity index (χ4n) is 2.08. The number of rotatable bonds is 4. The van der Waals surface area contributed by atoms with E-state index < -0.39 is 5.76 Å². The molecule has 2 aromatic heterocycles. The molecule has 3 rings (SSSR count). The standard InChI is InChI=1S/C15H12N2O3/c18-12(11-5-2-1-3-6-11)8-10-17-14-13(20-15(17)19)7-4-9-16-14/h1-7,9H,8,10H2. The zero-order valence-electron chi connectivity index (χ0n) is 10.7. The van der Waals surface area contributed by atoms with Gasteiger partial charge in [-0.3, -0.25) is 9.36 Å². The van der Waals surface area contributed by atoms with Gasteiger partial charge in [-0.15, -0.1) is 0 Å². The van der Waals surface area contributed by atoms with Crippen LogP contribution in [-0.2, 0) is 6.54 Å². The molecular weight excluding hydrogens is 256 g/mol. The number of carbonyl (C=O) groups is 1. The third-order valence-electron chi connectivity index (χ3n) is 3.08. The minimum atomic E-state index is -0.487. The van der Waals surface area contributed by atoms with Gasteiger partial charge in [0.15, 0.2) is 17.0 Å². The predicted molar refractivity (Wildman–Crippen MR) is 73.7 cm³/mol. The first-order valence-electron chi connectivity index (χ1n) is 6.28. The third-order valence-corrected chi connectivity index (χ3v) is 3.08. The summed E-state index contributed by atoms with van der Waals surface area (Å²) in [6, 6.07) is 12.4. The van der Waals surface area contributed by atoms with Gasteiger partial charge in [0.05, 0.1) is 0 Å². The zero-order valence-corrected chi connectivity index (χ0v) is 10.7. The van der Waals surface area contributed by atoms with Crippen LogP contribution in [0.4, 0.5) is 0 Å². The quantitative estimate of drug-likeness (QED) is 0.681. The van der Waals surface area contributed by atoms with Crippen LogP contribution in [0.25, 0.3) is 11.2 Å². The lowest BCUT2D eigenvalue weighted by Crippen LogP contribution is -2.17. The Hall–Kier alpha value is -2.69. The molecule has 0 radical (unpaired) electrons. The van der Waals surface area contributed by atoms with Crippen molar-refractivity contribution in [1.29, 1.82) is 0 Å². The highest BCUT2D eigenvalue weighted by Gasteiger charge is 2.12. The number of hydrogen-bond acceptors (Lipinski definition) is 4. The normalized spacial score (nSPS) is 10.8. The van der Waals surface area contributed by atoms with Gasteiger partial charge in [0.25, 0.3) is 0 Å². The summed E-state index contributed by atoms with van der Waals surface area (Å²) < 4.78 is 6.46. The van der Waals surface area contributed by atoms with Gasteiger partial charge in [-0.25, -0.2) is 9.78 Å². The Kier molecular flexibility index (Phi) is 3.16. The minimum Gasteiger partial charge on any atom is -0.406 e. The Morgan fingerprint density at radius 2 is 1.95 bits per heavy atom. The summed E-state index contributed by atoms with van der Waals surface area (Å²) in [6.45, 7) is 0.260. The van der Waals surface area contributed by atoms with E-state index in [9.17, 15) is 9.59 Å². The summed E-state index contributed by atoms with van der Waals surface area (Å²) in [5.74, 6) is -0.498. The lowest BCUT2D eigenvalue weighted by atomic mass is 10.1. The molecule has 20 heavy (non-hydrogen) atoms. The Bertz CT molecular complexity index is 803. The molecular formula is C15H12N2O3. The Labute approximate surface area is 114 Å². The molecule has 0 bridgehead atoms. The molecule has 1 aromatic carbocycles. The molecule has 0 unspecified atom stereocenters. The molecule has 5 nitrogen and oxygen atoms in total. The van der Waals surface area contributed by atoms with E-state index in [1.807, 2.05) is 18.2 Å². The monoisotopic (exact) mass is 268 g/mol. The van der Waals surface area contributed by atoms with Gasteiger partial charge >= 0.3 is 5.76 Å². The van der Waals surface area contributed by atoms with E-state index in [-0.39, 0.29) is 18.7 Å². The number of fused-ring (bicyclic) bond motifs is 1. The van der Waals surface area contributed by atoms with Crippen LogP contribution in [-0.4, -0.2) is 15.3 Å². The van der Waals surface area contributed by atoms with E-state index in [1.165, 1.54) is 4.57 Å². The van der Waals surface area contributed by atoms with Crippen molar-refractivity contribution in [2.24, 2.45) is 0 Å². The van der Waals surface area contributed by atoms with Gasteiger partial charge in [-0.2, -0.15) is 0 Å². The van der Waals surface area contributed by atoms with Gasteiger partial charge < -0.3 is 4.42 Å². The smallest absolute Gasteiger partial charge is 0.406 e. The first-order chi connectivity index (χ1) is 9.75. The molecule has 2 heterocycles. The number of aryl methyl sites for hydroxylation is 1. The Morgan fingerprint density at radius 1 is 1.15 bits per heavy atom. The van der Waals surface area contributed by atoms with Crippen molar-refractivity contribution in [3.63, 3.8) is 0 Å². The molecule has 0 spiro atoms. The lowest BCUT2D eigenvalue weighted by Gasteiger charge is -2.01. The van der Waals surface area contributed by atoms with Gasteiger partial charge in [0.2, 0.25) is 0 Å². The first kappa shape index (κ1) is 12.3. The molecule has 0 saturated carbocycles. The highest BCUT2D eigenvalue weighted by atomic mass is 16.4. The number of hydrogen-bond donors (Lipinski definition) is 0. The average Bonchev–Trinajstić information content (AvgIpc) is 2.81. The number of benzene rings is 1. The van der Waals surface area contributed by atoms with E-state index in [4.69, 9.17) is 4.42 Å². The maximum atomic E-state index is 12.0. The minimum absolute atomic E-state index is 0.0113. The highest BCUT2D eigenvalue weighted by Crippen LogP contribution is 2.10. The van der Waals surface area contributed by atoms with Gasteiger partial charge in [-0.05, 0) is 12.1 Å². The molecule has 0 aliphatic heterocycles. The molecule has 0 amide bonds. The van der Waals surface area contributed by atoms with Crippen molar-refractivity contribution in [2.45, 2.75) is 13.0 Å². The second-order valence-electron chi connectivity index (χ2n) is 4.38. The molecule has 0 fully saturated rings. The van der Waals surface area contributed by atoms with Crippen LogP contribution in [0, 0.1) is 0 Å². The summed E-state index contributed by atoms with van der Waals surface area (Å²) in [4.78, 5) is 27.9. The largest absolute Gasteiger partial charge is 0.421 e. The SMILES string of the molecule is O=C(CCn1c(=O)oc2cccnc21)c1ccccc1. The highest BCUT2D eigenvalue weighted by molar-refractivity contribution is 5.95. The summed E-state index contributed by atoms with van der Waals surface area (Å²) in [7, 11) is 0. The summed E-state index contributed by atoms with van der Waals surface area (Å²) in [5.41, 5.74) is 1.55. The molecule has 3 aromatic rings. The fourth-order valence-corrected chi connectivity index (χ4v) is 2.08. The number of carbonyl (C=O) groups excluding carboxylic acids is 1. The maximum Gasteiger partial charge on any atom is 0.421 e. The number of oxazole rings is 1. The number of ketones is 1. The number of nitrogens with zero attached hydrogens (tertiary/aromatic N) is 2. The zero-order chi connectivity index (χ0) is 13.9. The Balaban J connectivity index is 1.83. The van der Waals surface area contributed by atoms with Crippen LogP contribution in [0.5, 0.6) is 0 Å². The molecule has 0 atom stereocenters. The molecule has 100 valence electrons. The van der Waals surface area contributed by atoms with Crippen LogP contribution in [0.2, 0.25) is 0 Å². The van der Waals surface area contributed by atoms with Crippen LogP contribution in [0.1, 0.15) is 16.8 Å². The number of Topliss-reactive ketones (excluding diaryl/α,β-unsaturated/α-hetero) is 1. The van der Waals surface area contributed by atoms with Crippen LogP contribution < -0.4 is 5.76 Å². The third kappa shape index (κ3) is 2.25. The number of pyridine rings is 1. The van der Waals surface area contributed by atoms with Crippen molar-refractivity contribution in [2.75, 3.05) is 0 Å². The van der Waals surface area contributed by atoms with Crippen LogP contribution >= 0.6 is 0 Å². The molecule has 0 saturated heterocycles. The summed E-state index contributed by atoms with van der Waals surface area (Å²) in [5, 5.41) is 0. The van der Waals surface area contributed by atoms with Crippen LogP contribution in [0.3, 0.4) is 0 Å². The fraction of sp³-hybridized carbons (Fsp3) is 0.133. The predicted octanol–water partition coefficient (Wildman–Crippen LogP) is 2.26. The van der Waals surface area contributed by atoms with Crippen molar-refractivity contribution in [1.82, 2.24) is 9.55 Å². The van der Waals surface area contributed by atoms with Gasteiger partial charge in [-0.1, -0.05) is 30.3 Å². The van der Waals surface area contributed by atoms with Gasteiger partial charge in [0, 0.05) is 24.7 Å². The summed E-state index contributed by atoms with van der Waals surface area (Å²) >= 11 is 0. The molecule has 0 aliphatic rings. The van der Waals surface area contributed by atoms with Crippen molar-refractivity contribution >= 4 is 17.0 Å². The topological polar surface area (TPSA) is 65.1 Å². The van der Waals surface area contributed by atoms with E-state index in [1.54, 1.807) is 30.5 Å².